The van der Waals surface area contributed by atoms with Crippen LogP contribution in [-0.2, 0) is 4.74 Å². The van der Waals surface area contributed by atoms with Gasteiger partial charge in [-0.25, -0.2) is 0 Å². The van der Waals surface area contributed by atoms with Gasteiger partial charge in [0.1, 0.15) is 0 Å². The molecule has 0 aromatic heterocycles. The normalized spacial score (nSPS) is 19.6. The quantitative estimate of drug-likeness (QED) is 0.315. The Bertz CT molecular complexity index is 392. The van der Waals surface area contributed by atoms with E-state index >= 15 is 0 Å². The van der Waals surface area contributed by atoms with E-state index in [0.717, 1.165) is 32.1 Å². The zero-order valence-corrected chi connectivity index (χ0v) is 20.3. The number of likely N-dealkylation sites (N-methyl/N-ethyl adjacent to an activating group) is 1. The summed E-state index contributed by atoms with van der Waals surface area (Å²) in [6.07, 6.45) is 0.152. The molecule has 1 fully saturated rings. The van der Waals surface area contributed by atoms with E-state index in [1.54, 1.807) is 7.11 Å². The fraction of sp³-hybridized carbons (Fsp3) is 0.947. The summed E-state index contributed by atoms with van der Waals surface area (Å²) in [5.74, 6) is 1.44. The van der Waals surface area contributed by atoms with Gasteiger partial charge in [0.15, 0.2) is 5.96 Å². The first-order chi connectivity index (χ1) is 11.8. The number of piperazine rings is 1. The smallest absolute Gasteiger partial charge is 0.191 e. The van der Waals surface area contributed by atoms with Gasteiger partial charge in [0.2, 0.25) is 0 Å². The van der Waals surface area contributed by atoms with Gasteiger partial charge in [-0.2, -0.15) is 0 Å². The predicted octanol–water partition coefficient (Wildman–Crippen LogP) is 2.10. The molecule has 7 heteroatoms. The summed E-state index contributed by atoms with van der Waals surface area (Å²) < 4.78 is 5.62. The second-order valence-corrected chi connectivity index (χ2v) is 8.40. The number of rotatable bonds is 8. The maximum Gasteiger partial charge on any atom is 0.191 e. The highest BCUT2D eigenvalue weighted by atomic mass is 127. The number of hydrogen-bond acceptors (Lipinski definition) is 4. The van der Waals surface area contributed by atoms with Gasteiger partial charge in [0.25, 0.3) is 0 Å². The molecule has 1 saturated heterocycles. The topological polar surface area (TPSA) is 52.1 Å². The van der Waals surface area contributed by atoms with Crippen LogP contribution in [0.25, 0.3) is 0 Å². The van der Waals surface area contributed by atoms with Crippen molar-refractivity contribution in [2.24, 2.45) is 16.3 Å². The number of halogens is 1. The van der Waals surface area contributed by atoms with E-state index in [4.69, 9.17) is 9.73 Å². The van der Waals surface area contributed by atoms with Crippen molar-refractivity contribution >= 4 is 29.9 Å². The van der Waals surface area contributed by atoms with Crippen molar-refractivity contribution in [3.8, 4) is 0 Å². The lowest BCUT2D eigenvalue weighted by Crippen LogP contribution is -2.46. The van der Waals surface area contributed by atoms with Crippen LogP contribution in [0.3, 0.4) is 0 Å². The van der Waals surface area contributed by atoms with Crippen molar-refractivity contribution in [1.29, 1.82) is 0 Å². The third-order valence-electron chi connectivity index (χ3n) is 4.78. The van der Waals surface area contributed by atoms with Crippen LogP contribution in [0.2, 0.25) is 0 Å². The Morgan fingerprint density at radius 2 is 1.77 bits per heavy atom. The molecule has 26 heavy (non-hydrogen) atoms. The van der Waals surface area contributed by atoms with Gasteiger partial charge in [0.05, 0.1) is 6.10 Å². The van der Waals surface area contributed by atoms with Crippen LogP contribution in [0.5, 0.6) is 0 Å². The molecule has 0 amide bonds. The lowest BCUT2D eigenvalue weighted by Gasteiger charge is -2.33. The maximum atomic E-state index is 5.62. The maximum absolute atomic E-state index is 5.62. The van der Waals surface area contributed by atoms with Crippen LogP contribution >= 0.6 is 24.0 Å². The molecular formula is C19H42IN5O. The van der Waals surface area contributed by atoms with Crippen molar-refractivity contribution in [1.82, 2.24) is 20.4 Å². The summed E-state index contributed by atoms with van der Waals surface area (Å²) in [5.41, 5.74) is 0.105. The minimum atomic E-state index is 0. The zero-order chi connectivity index (χ0) is 18.9. The summed E-state index contributed by atoms with van der Waals surface area (Å²) >= 11 is 0. The molecule has 0 bridgehead atoms. The average molecular weight is 483 g/mol. The van der Waals surface area contributed by atoms with Crippen molar-refractivity contribution in [2.45, 2.75) is 40.7 Å². The molecule has 1 heterocycles. The van der Waals surface area contributed by atoms with E-state index in [-0.39, 0.29) is 35.5 Å². The highest BCUT2D eigenvalue weighted by Crippen LogP contribution is 2.20. The minimum Gasteiger partial charge on any atom is -0.379 e. The number of nitrogens with zero attached hydrogens (tertiary/aromatic N) is 3. The third kappa shape index (κ3) is 10.3. The molecule has 2 unspecified atom stereocenters. The second kappa shape index (κ2) is 13.1. The second-order valence-electron chi connectivity index (χ2n) is 8.40. The Balaban J connectivity index is 0.00000625. The average Bonchev–Trinajstić information content (AvgIpc) is 2.54. The van der Waals surface area contributed by atoms with E-state index in [9.17, 15) is 0 Å². The van der Waals surface area contributed by atoms with Gasteiger partial charge < -0.3 is 25.2 Å². The van der Waals surface area contributed by atoms with E-state index in [0.29, 0.717) is 5.92 Å². The monoisotopic (exact) mass is 483 g/mol. The number of guanidine groups is 1. The molecule has 156 valence electrons. The SMILES string of the molecule is CCNC(=NCC(C)CN1CCN(C)CC1)NCC(OC)C(C)(C)C.I. The third-order valence-corrected chi connectivity index (χ3v) is 4.78. The molecule has 0 aliphatic carbocycles. The molecule has 1 aliphatic heterocycles. The molecule has 0 aromatic carbocycles. The molecule has 6 nitrogen and oxygen atoms in total. The molecule has 0 saturated carbocycles. The Hall–Kier alpha value is -0.120. The van der Waals surface area contributed by atoms with Gasteiger partial charge in [-0.1, -0.05) is 27.7 Å². The first kappa shape index (κ1) is 25.9. The number of methoxy groups -OCH3 is 1. The molecule has 1 aliphatic rings. The van der Waals surface area contributed by atoms with Crippen LogP contribution in [0.15, 0.2) is 4.99 Å². The van der Waals surface area contributed by atoms with Crippen LogP contribution < -0.4 is 10.6 Å². The van der Waals surface area contributed by atoms with Crippen molar-refractivity contribution in [3.63, 3.8) is 0 Å². The van der Waals surface area contributed by atoms with E-state index < -0.39 is 0 Å². The first-order valence-electron chi connectivity index (χ1n) is 9.72. The minimum absolute atomic E-state index is 0. The largest absolute Gasteiger partial charge is 0.379 e. The molecule has 0 radical (unpaired) electrons. The van der Waals surface area contributed by atoms with Crippen molar-refractivity contribution < 1.29 is 4.74 Å². The number of hydrogen-bond donors (Lipinski definition) is 2. The lowest BCUT2D eigenvalue weighted by molar-refractivity contribution is 0.0205. The van der Waals surface area contributed by atoms with Crippen molar-refractivity contribution in [3.05, 3.63) is 0 Å². The van der Waals surface area contributed by atoms with Crippen LogP contribution in [0, 0.1) is 11.3 Å². The summed E-state index contributed by atoms with van der Waals surface area (Å²) in [7, 11) is 3.98. The van der Waals surface area contributed by atoms with E-state index in [1.807, 2.05) is 0 Å². The van der Waals surface area contributed by atoms with Gasteiger partial charge in [-0.05, 0) is 25.3 Å². The number of nitrogens with one attached hydrogen (secondary N) is 2. The summed E-state index contributed by atoms with van der Waals surface area (Å²) in [6.45, 7) is 19.3. The Morgan fingerprint density at radius 1 is 1.15 bits per heavy atom. The van der Waals surface area contributed by atoms with E-state index in [2.05, 4.69) is 62.1 Å². The molecule has 1 rings (SSSR count). The Kier molecular flexibility index (Phi) is 13.1. The molecule has 2 N–H and O–H groups in total. The van der Waals surface area contributed by atoms with Gasteiger partial charge in [-0.15, -0.1) is 24.0 Å². The summed E-state index contributed by atoms with van der Waals surface area (Å²) in [5, 5.41) is 6.78. The number of aliphatic imine (C=N–C) groups is 1. The van der Waals surface area contributed by atoms with Gasteiger partial charge in [0, 0.05) is 59.5 Å². The van der Waals surface area contributed by atoms with Gasteiger partial charge in [-0.3, -0.25) is 4.99 Å². The summed E-state index contributed by atoms with van der Waals surface area (Å²) in [6, 6.07) is 0. The molecule has 2 atom stereocenters. The molecular weight excluding hydrogens is 441 g/mol. The predicted molar refractivity (Wildman–Crippen MR) is 123 cm³/mol. The molecule has 0 spiro atoms. The van der Waals surface area contributed by atoms with Crippen LogP contribution in [0.4, 0.5) is 0 Å². The fourth-order valence-electron chi connectivity index (χ4n) is 3.05. The first-order valence-corrected chi connectivity index (χ1v) is 9.72. The highest BCUT2D eigenvalue weighted by molar-refractivity contribution is 14.0. The van der Waals surface area contributed by atoms with Crippen LogP contribution in [0.1, 0.15) is 34.6 Å². The zero-order valence-electron chi connectivity index (χ0n) is 18.0. The lowest BCUT2D eigenvalue weighted by atomic mass is 9.89. The summed E-state index contributed by atoms with van der Waals surface area (Å²) in [4.78, 5) is 9.74. The van der Waals surface area contributed by atoms with Crippen LogP contribution in [-0.4, -0.2) is 88.4 Å². The fourth-order valence-corrected chi connectivity index (χ4v) is 3.05. The Morgan fingerprint density at radius 3 is 2.27 bits per heavy atom. The molecule has 0 aromatic rings. The number of ether oxygens (including phenoxy) is 1. The highest BCUT2D eigenvalue weighted by Gasteiger charge is 2.24. The Labute approximate surface area is 178 Å². The van der Waals surface area contributed by atoms with Gasteiger partial charge >= 0.3 is 0 Å². The van der Waals surface area contributed by atoms with E-state index in [1.165, 1.54) is 26.2 Å². The van der Waals surface area contributed by atoms with Crippen molar-refractivity contribution in [2.75, 3.05) is 66.5 Å². The standard InChI is InChI=1S/C19H41N5O.HI/c1-8-20-18(22-14-17(25-7)19(3,4)5)21-13-16(2)15-24-11-9-23(6)10-12-24;/h16-17H,8-15H2,1-7H3,(H2,20,21,22);1H.